The van der Waals surface area contributed by atoms with Crippen molar-refractivity contribution in [1.29, 1.82) is 0 Å². The minimum atomic E-state index is -0.327. The van der Waals surface area contributed by atoms with E-state index in [4.69, 9.17) is 4.74 Å². The zero-order valence-corrected chi connectivity index (χ0v) is 14.0. The summed E-state index contributed by atoms with van der Waals surface area (Å²) in [5, 5.41) is 2.81. The van der Waals surface area contributed by atoms with Crippen LogP contribution in [0.15, 0.2) is 24.3 Å². The molecule has 0 bridgehead atoms. The van der Waals surface area contributed by atoms with E-state index in [-0.39, 0.29) is 41.8 Å². The first-order chi connectivity index (χ1) is 11.0. The number of benzene rings is 1. The summed E-state index contributed by atoms with van der Waals surface area (Å²) in [6, 6.07) is 6.99. The van der Waals surface area contributed by atoms with Crippen molar-refractivity contribution in [2.45, 2.75) is 26.3 Å². The van der Waals surface area contributed by atoms with E-state index in [0.717, 1.165) is 0 Å². The van der Waals surface area contributed by atoms with Gasteiger partial charge in [-0.1, -0.05) is 12.1 Å². The van der Waals surface area contributed by atoms with E-state index in [0.29, 0.717) is 18.0 Å². The predicted octanol–water partition coefficient (Wildman–Crippen LogP) is 2.05. The van der Waals surface area contributed by atoms with Gasteiger partial charge in [-0.25, -0.2) is 0 Å². The van der Waals surface area contributed by atoms with Crippen molar-refractivity contribution >= 4 is 40.9 Å². The molecule has 1 N–H and O–H groups in total. The van der Waals surface area contributed by atoms with Gasteiger partial charge in [0.15, 0.2) is 0 Å². The number of para-hydroxylation sites is 2. The van der Waals surface area contributed by atoms with E-state index in [1.165, 1.54) is 11.8 Å². The zero-order valence-electron chi connectivity index (χ0n) is 13.2. The maximum absolute atomic E-state index is 12.6. The van der Waals surface area contributed by atoms with Crippen LogP contribution in [0.5, 0.6) is 0 Å². The molecule has 1 aliphatic rings. The third kappa shape index (κ3) is 4.48. The quantitative estimate of drug-likeness (QED) is 0.833. The van der Waals surface area contributed by atoms with E-state index in [1.807, 2.05) is 25.1 Å². The van der Waals surface area contributed by atoms with Crippen molar-refractivity contribution in [3.8, 4) is 0 Å². The highest BCUT2D eigenvalue weighted by Gasteiger charge is 2.29. The Kier molecular flexibility index (Phi) is 6.04. The molecule has 7 heteroatoms. The maximum Gasteiger partial charge on any atom is 0.315 e. The van der Waals surface area contributed by atoms with E-state index >= 15 is 0 Å². The van der Waals surface area contributed by atoms with Crippen molar-refractivity contribution in [2.24, 2.45) is 0 Å². The highest BCUT2D eigenvalue weighted by molar-refractivity contribution is 8.00. The van der Waals surface area contributed by atoms with Gasteiger partial charge in [-0.2, -0.15) is 0 Å². The molecule has 0 fully saturated rings. The third-order valence-corrected chi connectivity index (χ3v) is 4.27. The first-order valence-electron chi connectivity index (χ1n) is 7.47. The van der Waals surface area contributed by atoms with Gasteiger partial charge in [0.25, 0.3) is 0 Å². The molecule has 0 unspecified atom stereocenters. The number of esters is 1. The highest BCUT2D eigenvalue weighted by Crippen LogP contribution is 2.31. The molecular weight excluding hydrogens is 316 g/mol. The highest BCUT2D eigenvalue weighted by atomic mass is 32.2. The molecule has 124 valence electrons. The summed E-state index contributed by atoms with van der Waals surface area (Å²) in [5.74, 6) is -0.270. The Morgan fingerprint density at radius 2 is 2.09 bits per heavy atom. The molecule has 0 radical (unpaired) electrons. The van der Waals surface area contributed by atoms with Crippen molar-refractivity contribution in [2.75, 3.05) is 28.3 Å². The number of hydrogen-bond acceptors (Lipinski definition) is 5. The summed E-state index contributed by atoms with van der Waals surface area (Å²) in [4.78, 5) is 37.4. The first kappa shape index (κ1) is 17.3. The van der Waals surface area contributed by atoms with Gasteiger partial charge in [0.1, 0.15) is 0 Å². The molecule has 6 nitrogen and oxygen atoms in total. The second-order valence-electron chi connectivity index (χ2n) is 5.18. The molecule has 1 aromatic rings. The smallest absolute Gasteiger partial charge is 0.315 e. The lowest BCUT2D eigenvalue weighted by atomic mass is 10.2. The number of amides is 2. The van der Waals surface area contributed by atoms with Crippen LogP contribution in [-0.2, 0) is 19.1 Å². The van der Waals surface area contributed by atoms with Gasteiger partial charge >= 0.3 is 5.97 Å². The number of carbonyl (C=O) groups is 3. The van der Waals surface area contributed by atoms with Crippen molar-refractivity contribution in [1.82, 2.24) is 0 Å². The van der Waals surface area contributed by atoms with Gasteiger partial charge in [-0.15, -0.1) is 11.8 Å². The van der Waals surface area contributed by atoms with Crippen LogP contribution in [0.4, 0.5) is 11.4 Å². The predicted molar refractivity (Wildman–Crippen MR) is 90.6 cm³/mol. The van der Waals surface area contributed by atoms with Crippen LogP contribution in [-0.4, -0.2) is 41.9 Å². The maximum atomic E-state index is 12.6. The number of thioether (sulfide) groups is 1. The van der Waals surface area contributed by atoms with Crippen LogP contribution >= 0.6 is 11.8 Å². The molecule has 23 heavy (non-hydrogen) atoms. The average molecular weight is 336 g/mol. The number of nitrogens with one attached hydrogen (secondary N) is 1. The number of ether oxygens (including phenoxy) is 1. The molecule has 1 aromatic carbocycles. The lowest BCUT2D eigenvalue weighted by molar-refractivity contribution is -0.139. The normalized spacial score (nSPS) is 17.0. The summed E-state index contributed by atoms with van der Waals surface area (Å²) in [6.45, 7) is 3.92. The summed E-state index contributed by atoms with van der Waals surface area (Å²) < 4.78 is 4.84. The Labute approximate surface area is 139 Å². The molecular formula is C16H20N2O4S. The Hall–Kier alpha value is -2.02. The number of carbonyl (C=O) groups excluding carboxylic acids is 3. The van der Waals surface area contributed by atoms with Gasteiger partial charge in [0.05, 0.1) is 29.5 Å². The van der Waals surface area contributed by atoms with E-state index in [1.54, 1.807) is 17.9 Å². The lowest BCUT2D eigenvalue weighted by Gasteiger charge is -2.27. The fourth-order valence-corrected chi connectivity index (χ4v) is 3.13. The van der Waals surface area contributed by atoms with Crippen LogP contribution in [0.2, 0.25) is 0 Å². The Morgan fingerprint density at radius 1 is 1.35 bits per heavy atom. The van der Waals surface area contributed by atoms with Crippen LogP contribution in [0.25, 0.3) is 0 Å². The number of hydrogen-bond donors (Lipinski definition) is 1. The summed E-state index contributed by atoms with van der Waals surface area (Å²) in [6.07, 6.45) is 0.239. The molecule has 0 aromatic heterocycles. The molecule has 0 spiro atoms. The first-order valence-corrected chi connectivity index (χ1v) is 8.62. The topological polar surface area (TPSA) is 75.7 Å². The van der Waals surface area contributed by atoms with Gasteiger partial charge in [-0.3, -0.25) is 14.4 Å². The fourth-order valence-electron chi connectivity index (χ4n) is 2.46. The SMILES string of the molecule is CCOC(=O)CSCC(=O)N1c2ccccc2NC(=O)C[C@H]1C. The van der Waals surface area contributed by atoms with Crippen LogP contribution in [0, 0.1) is 0 Å². The van der Waals surface area contributed by atoms with E-state index in [2.05, 4.69) is 5.32 Å². The largest absolute Gasteiger partial charge is 0.465 e. The van der Waals surface area contributed by atoms with E-state index < -0.39 is 0 Å². The third-order valence-electron chi connectivity index (χ3n) is 3.38. The lowest BCUT2D eigenvalue weighted by Crippen LogP contribution is -2.40. The number of anilines is 2. The monoisotopic (exact) mass is 336 g/mol. The standard InChI is InChI=1S/C16H20N2O4S/c1-3-22-16(21)10-23-9-15(20)18-11(2)8-14(19)17-12-6-4-5-7-13(12)18/h4-7,11H,3,8-10H2,1-2H3,(H,17,19)/t11-/m1/s1. The summed E-state index contributed by atoms with van der Waals surface area (Å²) in [7, 11) is 0. The number of nitrogens with zero attached hydrogens (tertiary/aromatic N) is 1. The second-order valence-corrected chi connectivity index (χ2v) is 6.17. The van der Waals surface area contributed by atoms with Gasteiger partial charge in [0.2, 0.25) is 11.8 Å². The van der Waals surface area contributed by atoms with Crippen molar-refractivity contribution < 1.29 is 19.1 Å². The fraction of sp³-hybridized carbons (Fsp3) is 0.438. The molecule has 0 saturated heterocycles. The second kappa shape index (κ2) is 8.01. The molecule has 1 atom stereocenters. The molecule has 1 heterocycles. The zero-order chi connectivity index (χ0) is 16.8. The van der Waals surface area contributed by atoms with Crippen LogP contribution in [0.3, 0.4) is 0 Å². The minimum absolute atomic E-state index is 0.112. The molecule has 1 aliphatic heterocycles. The van der Waals surface area contributed by atoms with Crippen LogP contribution < -0.4 is 10.2 Å². The minimum Gasteiger partial charge on any atom is -0.465 e. The molecule has 2 rings (SSSR count). The number of fused-ring (bicyclic) bond motifs is 1. The molecule has 0 aliphatic carbocycles. The molecule has 0 saturated carbocycles. The van der Waals surface area contributed by atoms with E-state index in [9.17, 15) is 14.4 Å². The Morgan fingerprint density at radius 3 is 2.83 bits per heavy atom. The Bertz CT molecular complexity index is 605. The van der Waals surface area contributed by atoms with Crippen molar-refractivity contribution in [3.63, 3.8) is 0 Å². The van der Waals surface area contributed by atoms with Gasteiger partial charge < -0.3 is 15.0 Å². The van der Waals surface area contributed by atoms with Crippen molar-refractivity contribution in [3.05, 3.63) is 24.3 Å². The van der Waals surface area contributed by atoms with Crippen LogP contribution in [0.1, 0.15) is 20.3 Å². The van der Waals surface area contributed by atoms with Gasteiger partial charge in [-0.05, 0) is 26.0 Å². The summed E-state index contributed by atoms with van der Waals surface area (Å²) >= 11 is 1.22. The number of rotatable bonds is 5. The Balaban J connectivity index is 2.08. The van der Waals surface area contributed by atoms with Gasteiger partial charge in [0, 0.05) is 12.5 Å². The molecule has 2 amide bonds. The average Bonchev–Trinajstić information content (AvgIpc) is 2.61. The summed E-state index contributed by atoms with van der Waals surface area (Å²) in [5.41, 5.74) is 1.32.